The van der Waals surface area contributed by atoms with E-state index in [1.54, 1.807) is 53.4 Å². The third kappa shape index (κ3) is 5.08. The van der Waals surface area contributed by atoms with Crippen molar-refractivity contribution >= 4 is 41.0 Å². The van der Waals surface area contributed by atoms with E-state index in [0.29, 0.717) is 18.7 Å². The van der Waals surface area contributed by atoms with Gasteiger partial charge in [-0.25, -0.2) is 4.79 Å². The average Bonchev–Trinajstić information content (AvgIpc) is 3.37. The van der Waals surface area contributed by atoms with Gasteiger partial charge < -0.3 is 15.0 Å². The Morgan fingerprint density at radius 1 is 0.971 bits per heavy atom. The number of carbonyl (C=O) groups is 5. The number of imide groups is 1. The van der Waals surface area contributed by atoms with Gasteiger partial charge in [-0.3, -0.25) is 24.1 Å². The standard InChI is InChI=1S/C26H27N3O6/c1-16(2)14-21(29-24(32)19-6-3-4-7-20(19)25(29)33)26(34)35-15-22(30)27-17-9-11-18(12-10-17)28-13-5-8-23(28)31/h3-4,6-7,9-12,16,21H,5,8,13-15H2,1-2H3,(H,27,30). The van der Waals surface area contributed by atoms with Crippen molar-refractivity contribution in [2.24, 2.45) is 5.92 Å². The molecule has 1 fully saturated rings. The highest BCUT2D eigenvalue weighted by molar-refractivity contribution is 6.22. The van der Waals surface area contributed by atoms with Crippen molar-refractivity contribution in [1.29, 1.82) is 0 Å². The highest BCUT2D eigenvalue weighted by Crippen LogP contribution is 2.27. The zero-order valence-corrected chi connectivity index (χ0v) is 19.7. The molecule has 2 aliphatic rings. The van der Waals surface area contributed by atoms with Crippen LogP contribution in [0.5, 0.6) is 0 Å². The molecular weight excluding hydrogens is 450 g/mol. The lowest BCUT2D eigenvalue weighted by Crippen LogP contribution is -2.46. The summed E-state index contributed by atoms with van der Waals surface area (Å²) in [4.78, 5) is 65.5. The molecule has 1 atom stereocenters. The maximum Gasteiger partial charge on any atom is 0.329 e. The molecule has 1 saturated heterocycles. The normalized spacial score (nSPS) is 16.0. The van der Waals surface area contributed by atoms with Crippen molar-refractivity contribution in [3.8, 4) is 0 Å². The van der Waals surface area contributed by atoms with Crippen LogP contribution in [-0.2, 0) is 19.1 Å². The first-order valence-corrected chi connectivity index (χ1v) is 11.6. The quantitative estimate of drug-likeness (QED) is 0.462. The third-order valence-corrected chi connectivity index (χ3v) is 5.99. The Morgan fingerprint density at radius 2 is 1.60 bits per heavy atom. The van der Waals surface area contributed by atoms with Gasteiger partial charge in [0.2, 0.25) is 5.91 Å². The number of rotatable bonds is 8. The van der Waals surface area contributed by atoms with Crippen molar-refractivity contribution in [3.63, 3.8) is 0 Å². The fourth-order valence-corrected chi connectivity index (χ4v) is 4.32. The first-order chi connectivity index (χ1) is 16.8. The predicted molar refractivity (Wildman–Crippen MR) is 128 cm³/mol. The molecule has 2 aromatic rings. The number of carbonyl (C=O) groups excluding carboxylic acids is 5. The topological polar surface area (TPSA) is 113 Å². The molecule has 4 amide bonds. The zero-order chi connectivity index (χ0) is 25.1. The van der Waals surface area contributed by atoms with Crippen LogP contribution in [0, 0.1) is 5.92 Å². The molecule has 0 spiro atoms. The fraction of sp³-hybridized carbons (Fsp3) is 0.346. The molecule has 2 aromatic carbocycles. The summed E-state index contributed by atoms with van der Waals surface area (Å²) in [5, 5.41) is 2.64. The zero-order valence-electron chi connectivity index (χ0n) is 19.7. The molecule has 4 rings (SSSR count). The SMILES string of the molecule is CC(C)CC(C(=O)OCC(=O)Nc1ccc(N2CCCC2=O)cc1)N1C(=O)c2ccccc2C1=O. The molecule has 9 heteroatoms. The van der Waals surface area contributed by atoms with E-state index < -0.39 is 36.3 Å². The average molecular weight is 478 g/mol. The van der Waals surface area contributed by atoms with Crippen molar-refractivity contribution in [2.75, 3.05) is 23.4 Å². The van der Waals surface area contributed by atoms with Crippen LogP contribution in [0.2, 0.25) is 0 Å². The number of anilines is 2. The Bertz CT molecular complexity index is 1140. The third-order valence-electron chi connectivity index (χ3n) is 5.99. The Labute approximate surface area is 203 Å². The summed E-state index contributed by atoms with van der Waals surface area (Å²) >= 11 is 0. The molecule has 9 nitrogen and oxygen atoms in total. The minimum atomic E-state index is -1.13. The smallest absolute Gasteiger partial charge is 0.329 e. The number of nitrogens with one attached hydrogen (secondary N) is 1. The summed E-state index contributed by atoms with van der Waals surface area (Å²) in [6, 6.07) is 12.1. The van der Waals surface area contributed by atoms with Crippen LogP contribution in [0.15, 0.2) is 48.5 Å². The number of hydrogen-bond donors (Lipinski definition) is 1. The van der Waals surface area contributed by atoms with Crippen molar-refractivity contribution in [3.05, 3.63) is 59.7 Å². The van der Waals surface area contributed by atoms with Gasteiger partial charge in [0, 0.05) is 24.3 Å². The van der Waals surface area contributed by atoms with Crippen LogP contribution in [-0.4, -0.2) is 53.7 Å². The van der Waals surface area contributed by atoms with Gasteiger partial charge in [-0.05, 0) is 55.2 Å². The number of benzene rings is 2. The summed E-state index contributed by atoms with van der Waals surface area (Å²) < 4.78 is 5.22. The van der Waals surface area contributed by atoms with Crippen molar-refractivity contribution < 1.29 is 28.7 Å². The van der Waals surface area contributed by atoms with Crippen LogP contribution in [0.4, 0.5) is 11.4 Å². The first-order valence-electron chi connectivity index (χ1n) is 11.6. The highest BCUT2D eigenvalue weighted by Gasteiger charge is 2.43. The maximum absolute atomic E-state index is 12.9. The Hall–Kier alpha value is -4.01. The van der Waals surface area contributed by atoms with E-state index in [0.717, 1.165) is 17.0 Å². The Balaban J connectivity index is 1.37. The summed E-state index contributed by atoms with van der Waals surface area (Å²) in [7, 11) is 0. The second kappa shape index (κ2) is 10.1. The van der Waals surface area contributed by atoms with E-state index >= 15 is 0 Å². The summed E-state index contributed by atoms with van der Waals surface area (Å²) in [5.74, 6) is -2.40. The minimum Gasteiger partial charge on any atom is -0.454 e. The molecule has 0 aliphatic carbocycles. The Morgan fingerprint density at radius 3 is 2.14 bits per heavy atom. The molecule has 2 heterocycles. The van der Waals surface area contributed by atoms with Gasteiger partial charge in [-0.2, -0.15) is 0 Å². The molecule has 0 bridgehead atoms. The van der Waals surface area contributed by atoms with E-state index in [1.165, 1.54) is 0 Å². The molecule has 182 valence electrons. The molecule has 0 aromatic heterocycles. The molecule has 2 aliphatic heterocycles. The van der Waals surface area contributed by atoms with E-state index in [9.17, 15) is 24.0 Å². The maximum atomic E-state index is 12.9. The molecule has 0 radical (unpaired) electrons. The van der Waals surface area contributed by atoms with Gasteiger partial charge in [-0.1, -0.05) is 26.0 Å². The lowest BCUT2D eigenvalue weighted by molar-refractivity contribution is -0.151. The van der Waals surface area contributed by atoms with Crippen LogP contribution >= 0.6 is 0 Å². The lowest BCUT2D eigenvalue weighted by Gasteiger charge is -2.25. The van der Waals surface area contributed by atoms with E-state index in [4.69, 9.17) is 4.74 Å². The number of amides is 4. The monoisotopic (exact) mass is 477 g/mol. The summed E-state index contributed by atoms with van der Waals surface area (Å²) in [5.41, 5.74) is 1.74. The largest absolute Gasteiger partial charge is 0.454 e. The van der Waals surface area contributed by atoms with Crippen LogP contribution in [0.3, 0.4) is 0 Å². The molecule has 0 saturated carbocycles. The summed E-state index contributed by atoms with van der Waals surface area (Å²) in [6.07, 6.45) is 1.56. The minimum absolute atomic E-state index is 0.00769. The van der Waals surface area contributed by atoms with Gasteiger partial charge in [0.25, 0.3) is 17.7 Å². The van der Waals surface area contributed by atoms with Gasteiger partial charge >= 0.3 is 5.97 Å². The van der Waals surface area contributed by atoms with Crippen LogP contribution < -0.4 is 10.2 Å². The first kappa shape index (κ1) is 24.1. The molecule has 35 heavy (non-hydrogen) atoms. The Kier molecular flexibility index (Phi) is 6.95. The number of esters is 1. The number of hydrogen-bond acceptors (Lipinski definition) is 6. The lowest BCUT2D eigenvalue weighted by atomic mass is 10.0. The molecule has 1 unspecified atom stereocenters. The van der Waals surface area contributed by atoms with Gasteiger partial charge in [0.05, 0.1) is 11.1 Å². The number of nitrogens with zero attached hydrogens (tertiary/aromatic N) is 2. The second-order valence-corrected chi connectivity index (χ2v) is 9.02. The van der Waals surface area contributed by atoms with Crippen molar-refractivity contribution in [2.45, 2.75) is 39.2 Å². The van der Waals surface area contributed by atoms with E-state index in [-0.39, 0.29) is 29.4 Å². The molecule has 1 N–H and O–H groups in total. The van der Waals surface area contributed by atoms with E-state index in [1.807, 2.05) is 13.8 Å². The second-order valence-electron chi connectivity index (χ2n) is 9.02. The van der Waals surface area contributed by atoms with Gasteiger partial charge in [0.15, 0.2) is 6.61 Å². The highest BCUT2D eigenvalue weighted by atomic mass is 16.5. The van der Waals surface area contributed by atoms with Crippen molar-refractivity contribution in [1.82, 2.24) is 4.90 Å². The summed E-state index contributed by atoms with van der Waals surface area (Å²) in [6.45, 7) is 3.84. The fourth-order valence-electron chi connectivity index (χ4n) is 4.32. The number of ether oxygens (including phenoxy) is 1. The van der Waals surface area contributed by atoms with Gasteiger partial charge in [0.1, 0.15) is 6.04 Å². The molecular formula is C26H27N3O6. The van der Waals surface area contributed by atoms with Crippen LogP contribution in [0.1, 0.15) is 53.8 Å². The predicted octanol–water partition coefficient (Wildman–Crippen LogP) is 3.01. The van der Waals surface area contributed by atoms with Gasteiger partial charge in [-0.15, -0.1) is 0 Å². The van der Waals surface area contributed by atoms with Crippen LogP contribution in [0.25, 0.3) is 0 Å². The number of fused-ring (bicyclic) bond motifs is 1. The van der Waals surface area contributed by atoms with E-state index in [2.05, 4.69) is 5.32 Å².